The Morgan fingerprint density at radius 2 is 2.00 bits per heavy atom. The van der Waals surface area contributed by atoms with E-state index in [0.717, 1.165) is 0 Å². The number of rotatable bonds is 4. The number of hydrogen-bond donors (Lipinski definition) is 1. The van der Waals surface area contributed by atoms with Crippen LogP contribution in [0.3, 0.4) is 0 Å². The zero-order valence-electron chi connectivity index (χ0n) is 4.89. The standard InChI is InChI=1S/C5H8ClNO2/c6-5(9)4(8)2-1-3-7/h1-3,7H2. The van der Waals surface area contributed by atoms with Gasteiger partial charge in [-0.15, -0.1) is 0 Å². The van der Waals surface area contributed by atoms with Gasteiger partial charge in [-0.3, -0.25) is 9.59 Å². The van der Waals surface area contributed by atoms with E-state index in [-0.39, 0.29) is 6.42 Å². The number of halogens is 1. The van der Waals surface area contributed by atoms with Gasteiger partial charge in [0.15, 0.2) is 0 Å². The first-order chi connectivity index (χ1) is 4.18. The third-order valence-electron chi connectivity index (χ3n) is 0.827. The van der Waals surface area contributed by atoms with Gasteiger partial charge in [0, 0.05) is 6.42 Å². The number of nitrogens with two attached hydrogens (primary N) is 1. The molecular weight excluding hydrogens is 142 g/mol. The monoisotopic (exact) mass is 149 g/mol. The average molecular weight is 150 g/mol. The lowest BCUT2D eigenvalue weighted by atomic mass is 10.2. The van der Waals surface area contributed by atoms with E-state index in [2.05, 4.69) is 0 Å². The maximum atomic E-state index is 10.4. The lowest BCUT2D eigenvalue weighted by Crippen LogP contribution is -2.09. The van der Waals surface area contributed by atoms with Gasteiger partial charge in [0.05, 0.1) is 0 Å². The van der Waals surface area contributed by atoms with Gasteiger partial charge in [0.1, 0.15) is 0 Å². The van der Waals surface area contributed by atoms with Crippen molar-refractivity contribution in [1.82, 2.24) is 0 Å². The number of carbonyl (C=O) groups is 2. The molecule has 0 aliphatic rings. The molecule has 9 heavy (non-hydrogen) atoms. The molecule has 0 aromatic rings. The summed E-state index contributed by atoms with van der Waals surface area (Å²) in [5.41, 5.74) is 5.07. The van der Waals surface area contributed by atoms with Crippen molar-refractivity contribution in [3.05, 3.63) is 0 Å². The van der Waals surface area contributed by atoms with Gasteiger partial charge in [0.25, 0.3) is 5.24 Å². The van der Waals surface area contributed by atoms with Crippen LogP contribution in [-0.4, -0.2) is 17.6 Å². The van der Waals surface area contributed by atoms with E-state index in [4.69, 9.17) is 17.3 Å². The minimum absolute atomic E-state index is 0.166. The Labute approximate surface area is 58.2 Å². The molecule has 0 fully saturated rings. The fourth-order valence-corrected chi connectivity index (χ4v) is 0.455. The van der Waals surface area contributed by atoms with E-state index >= 15 is 0 Å². The molecule has 0 heterocycles. The third kappa shape index (κ3) is 4.12. The summed E-state index contributed by atoms with van der Waals surface area (Å²) < 4.78 is 0. The summed E-state index contributed by atoms with van der Waals surface area (Å²) in [6.45, 7) is 0.413. The zero-order chi connectivity index (χ0) is 7.28. The van der Waals surface area contributed by atoms with Gasteiger partial charge in [-0.25, -0.2) is 0 Å². The zero-order valence-corrected chi connectivity index (χ0v) is 5.65. The summed E-state index contributed by atoms with van der Waals surface area (Å²) in [6.07, 6.45) is 0.691. The van der Waals surface area contributed by atoms with Gasteiger partial charge < -0.3 is 5.73 Å². The molecule has 0 unspecified atom stereocenters. The van der Waals surface area contributed by atoms with Crippen LogP contribution in [0.5, 0.6) is 0 Å². The molecule has 2 N–H and O–H groups in total. The SMILES string of the molecule is NCCCC(=O)C(=O)Cl. The fourth-order valence-electron chi connectivity index (χ4n) is 0.361. The largest absolute Gasteiger partial charge is 0.330 e. The lowest BCUT2D eigenvalue weighted by Gasteiger charge is -1.89. The first-order valence-electron chi connectivity index (χ1n) is 2.61. The van der Waals surface area contributed by atoms with Crippen LogP contribution in [-0.2, 0) is 9.59 Å². The maximum Gasteiger partial charge on any atom is 0.288 e. The van der Waals surface area contributed by atoms with Crippen molar-refractivity contribution in [1.29, 1.82) is 0 Å². The number of Topliss-reactive ketones (excluding diaryl/α,β-unsaturated/α-hetero) is 1. The molecule has 0 amide bonds. The van der Waals surface area contributed by atoms with Crippen molar-refractivity contribution >= 4 is 22.6 Å². The molecule has 0 aromatic heterocycles. The predicted octanol–water partition coefficient (Wildman–Crippen LogP) is 0.0598. The highest BCUT2D eigenvalue weighted by Gasteiger charge is 2.07. The molecule has 0 spiro atoms. The van der Waals surface area contributed by atoms with Gasteiger partial charge in [-0.1, -0.05) is 0 Å². The first-order valence-corrected chi connectivity index (χ1v) is 2.99. The molecule has 0 saturated heterocycles. The average Bonchev–Trinajstić information content (AvgIpc) is 1.82. The Hall–Kier alpha value is -0.410. The highest BCUT2D eigenvalue weighted by molar-refractivity contribution is 6.81. The summed E-state index contributed by atoms with van der Waals surface area (Å²) in [5.74, 6) is -0.554. The summed E-state index contributed by atoms with van der Waals surface area (Å²) >= 11 is 4.83. The van der Waals surface area contributed by atoms with Gasteiger partial charge in [-0.2, -0.15) is 0 Å². The quantitative estimate of drug-likeness (QED) is 0.454. The van der Waals surface area contributed by atoms with Crippen molar-refractivity contribution in [3.8, 4) is 0 Å². The molecule has 4 heteroatoms. The van der Waals surface area contributed by atoms with E-state index in [9.17, 15) is 9.59 Å². The summed E-state index contributed by atoms with van der Waals surface area (Å²) in [5, 5.41) is -0.900. The number of carbonyl (C=O) groups excluding carboxylic acids is 2. The molecule has 0 aromatic carbocycles. The predicted molar refractivity (Wildman–Crippen MR) is 34.2 cm³/mol. The second-order valence-corrected chi connectivity index (χ2v) is 1.93. The smallest absolute Gasteiger partial charge is 0.288 e. The number of hydrogen-bond acceptors (Lipinski definition) is 3. The molecule has 0 saturated carbocycles. The topological polar surface area (TPSA) is 60.2 Å². The Morgan fingerprint density at radius 1 is 1.44 bits per heavy atom. The molecule has 0 rings (SSSR count). The Balaban J connectivity index is 3.39. The van der Waals surface area contributed by atoms with Crippen LogP contribution in [0.15, 0.2) is 0 Å². The first kappa shape index (κ1) is 8.59. The van der Waals surface area contributed by atoms with Gasteiger partial charge >= 0.3 is 0 Å². The molecule has 0 aliphatic carbocycles. The third-order valence-corrected chi connectivity index (χ3v) is 1.04. The van der Waals surface area contributed by atoms with Crippen molar-refractivity contribution in [2.24, 2.45) is 5.73 Å². The van der Waals surface area contributed by atoms with Crippen LogP contribution >= 0.6 is 11.6 Å². The summed E-state index contributed by atoms with van der Waals surface area (Å²) in [6, 6.07) is 0. The van der Waals surface area contributed by atoms with E-state index in [0.29, 0.717) is 13.0 Å². The highest BCUT2D eigenvalue weighted by Crippen LogP contribution is 1.92. The van der Waals surface area contributed by atoms with Crippen molar-refractivity contribution in [2.75, 3.05) is 6.54 Å². The van der Waals surface area contributed by atoms with Gasteiger partial charge in [0.2, 0.25) is 5.78 Å². The Morgan fingerprint density at radius 3 is 2.33 bits per heavy atom. The van der Waals surface area contributed by atoms with Crippen LogP contribution in [0.1, 0.15) is 12.8 Å². The Kier molecular flexibility index (Phi) is 4.26. The van der Waals surface area contributed by atoms with E-state index < -0.39 is 11.0 Å². The van der Waals surface area contributed by atoms with Crippen molar-refractivity contribution < 1.29 is 9.59 Å². The normalized spacial score (nSPS) is 9.11. The van der Waals surface area contributed by atoms with E-state index in [1.807, 2.05) is 0 Å². The molecule has 3 nitrogen and oxygen atoms in total. The van der Waals surface area contributed by atoms with E-state index in [1.54, 1.807) is 0 Å². The molecule has 0 bridgehead atoms. The molecule has 52 valence electrons. The second-order valence-electron chi connectivity index (χ2n) is 1.59. The summed E-state index contributed by atoms with van der Waals surface area (Å²) in [4.78, 5) is 20.4. The minimum atomic E-state index is -0.900. The summed E-state index contributed by atoms with van der Waals surface area (Å²) in [7, 11) is 0. The minimum Gasteiger partial charge on any atom is -0.330 e. The van der Waals surface area contributed by atoms with E-state index in [1.165, 1.54) is 0 Å². The molecular formula is C5H8ClNO2. The van der Waals surface area contributed by atoms with Crippen molar-refractivity contribution in [3.63, 3.8) is 0 Å². The lowest BCUT2D eigenvalue weighted by molar-refractivity contribution is -0.132. The molecule has 0 radical (unpaired) electrons. The van der Waals surface area contributed by atoms with Crippen LogP contribution in [0.4, 0.5) is 0 Å². The van der Waals surface area contributed by atoms with Gasteiger partial charge in [-0.05, 0) is 24.6 Å². The second kappa shape index (κ2) is 4.47. The van der Waals surface area contributed by atoms with Crippen LogP contribution in [0.2, 0.25) is 0 Å². The Bertz CT molecular complexity index is 124. The molecule has 0 atom stereocenters. The van der Waals surface area contributed by atoms with Crippen molar-refractivity contribution in [2.45, 2.75) is 12.8 Å². The van der Waals surface area contributed by atoms with Crippen LogP contribution in [0, 0.1) is 0 Å². The highest BCUT2D eigenvalue weighted by atomic mass is 35.5. The van der Waals surface area contributed by atoms with Crippen LogP contribution in [0.25, 0.3) is 0 Å². The maximum absolute atomic E-state index is 10.4. The fraction of sp³-hybridized carbons (Fsp3) is 0.600. The molecule has 0 aliphatic heterocycles. The van der Waals surface area contributed by atoms with Crippen LogP contribution < -0.4 is 5.73 Å². The number of ketones is 1.